The van der Waals surface area contributed by atoms with E-state index in [-0.39, 0.29) is 36.5 Å². The fraction of sp³-hybridized carbons (Fsp3) is 0.312. The van der Waals surface area contributed by atoms with E-state index in [0.717, 1.165) is 12.8 Å². The molecular weight excluding hydrogens is 392 g/mol. The van der Waals surface area contributed by atoms with Crippen molar-refractivity contribution < 1.29 is 13.6 Å². The fourth-order valence-corrected chi connectivity index (χ4v) is 2.91. The Morgan fingerprint density at radius 3 is 2.84 bits per heavy atom. The summed E-state index contributed by atoms with van der Waals surface area (Å²) in [5.74, 6) is 0.955. The quantitative estimate of drug-likeness (QED) is 0.677. The van der Waals surface area contributed by atoms with Crippen molar-refractivity contribution in [3.63, 3.8) is 0 Å². The number of rotatable bonds is 6. The van der Waals surface area contributed by atoms with Crippen LogP contribution < -0.4 is 11.0 Å². The number of nitrogens with zero attached hydrogens (tertiary/aromatic N) is 3. The van der Waals surface area contributed by atoms with Gasteiger partial charge >= 0.3 is 5.69 Å². The predicted octanol–water partition coefficient (Wildman–Crippen LogP) is 2.43. The van der Waals surface area contributed by atoms with Gasteiger partial charge in [0.1, 0.15) is 0 Å². The van der Waals surface area contributed by atoms with Crippen molar-refractivity contribution in [2.24, 2.45) is 0 Å². The summed E-state index contributed by atoms with van der Waals surface area (Å²) in [4.78, 5) is 24.6. The first kappa shape index (κ1) is 15.9. The summed E-state index contributed by atoms with van der Waals surface area (Å²) in [6.07, 6.45) is 3.48. The normalized spacial score (nSPS) is 14.0. The molecule has 0 bridgehead atoms. The summed E-state index contributed by atoms with van der Waals surface area (Å²) in [5.41, 5.74) is -0.191. The number of carbonyl (C=O) groups excluding carboxylic acids is 1. The molecule has 0 atom stereocenters. The molecule has 0 unspecified atom stereocenters. The number of amides is 1. The van der Waals surface area contributed by atoms with E-state index >= 15 is 0 Å². The highest BCUT2D eigenvalue weighted by molar-refractivity contribution is 9.10. The van der Waals surface area contributed by atoms with Crippen molar-refractivity contribution >= 4 is 21.8 Å². The molecule has 0 spiro atoms. The highest BCUT2D eigenvalue weighted by Crippen LogP contribution is 2.36. The molecule has 1 aliphatic carbocycles. The van der Waals surface area contributed by atoms with Gasteiger partial charge in [-0.15, -0.1) is 5.10 Å². The largest absolute Gasteiger partial charge is 0.461 e. The highest BCUT2D eigenvalue weighted by Gasteiger charge is 2.31. The van der Waals surface area contributed by atoms with Crippen LogP contribution in [-0.4, -0.2) is 26.8 Å². The SMILES string of the molecule is O=C(NCCn1nc(-c2ccco2)n(C2CC2)c1=O)c1ccc(Br)o1. The molecule has 25 heavy (non-hydrogen) atoms. The molecule has 1 amide bonds. The van der Waals surface area contributed by atoms with Gasteiger partial charge in [-0.05, 0) is 53.0 Å². The van der Waals surface area contributed by atoms with Gasteiger partial charge in [-0.3, -0.25) is 9.36 Å². The smallest absolute Gasteiger partial charge is 0.346 e. The standard InChI is InChI=1S/C16H15BrN4O4/c17-13-6-5-12(25-13)15(22)18-7-8-20-16(23)21(10-3-4-10)14(19-20)11-2-1-9-24-11/h1-2,5-6,9-10H,3-4,7-8H2,(H,18,22). The first-order chi connectivity index (χ1) is 12.1. The maximum Gasteiger partial charge on any atom is 0.346 e. The molecular formula is C16H15BrN4O4. The van der Waals surface area contributed by atoms with Gasteiger partial charge in [-0.1, -0.05) is 0 Å². The van der Waals surface area contributed by atoms with Crippen molar-refractivity contribution in [1.29, 1.82) is 0 Å². The lowest BCUT2D eigenvalue weighted by Gasteiger charge is -2.02. The van der Waals surface area contributed by atoms with E-state index in [1.54, 1.807) is 35.1 Å². The average molecular weight is 407 g/mol. The van der Waals surface area contributed by atoms with Crippen LogP contribution in [0.1, 0.15) is 29.4 Å². The van der Waals surface area contributed by atoms with E-state index in [0.29, 0.717) is 16.3 Å². The van der Waals surface area contributed by atoms with Crippen molar-refractivity contribution in [1.82, 2.24) is 19.7 Å². The number of nitrogens with one attached hydrogen (secondary N) is 1. The van der Waals surface area contributed by atoms with Crippen molar-refractivity contribution in [2.75, 3.05) is 6.54 Å². The summed E-state index contributed by atoms with van der Waals surface area (Å²) in [7, 11) is 0. The molecule has 3 aromatic heterocycles. The minimum Gasteiger partial charge on any atom is -0.461 e. The van der Waals surface area contributed by atoms with E-state index in [4.69, 9.17) is 8.83 Å². The second-order valence-corrected chi connectivity index (χ2v) is 6.55. The van der Waals surface area contributed by atoms with Crippen LogP contribution in [0.5, 0.6) is 0 Å². The van der Waals surface area contributed by atoms with Crippen LogP contribution in [0.25, 0.3) is 11.6 Å². The van der Waals surface area contributed by atoms with E-state index in [1.807, 2.05) is 0 Å². The molecule has 0 saturated heterocycles. The van der Waals surface area contributed by atoms with Gasteiger partial charge in [-0.2, -0.15) is 0 Å². The minimum absolute atomic E-state index is 0.177. The Labute approximate surface area is 150 Å². The topological polar surface area (TPSA) is 95.2 Å². The fourth-order valence-electron chi connectivity index (χ4n) is 2.60. The molecule has 1 aliphatic rings. The molecule has 1 N–H and O–H groups in total. The molecule has 4 rings (SSSR count). The van der Waals surface area contributed by atoms with Crippen LogP contribution in [0.15, 0.2) is 48.8 Å². The third-order valence-corrected chi connectivity index (χ3v) is 4.36. The van der Waals surface area contributed by atoms with Crippen molar-refractivity contribution in [3.8, 4) is 11.6 Å². The van der Waals surface area contributed by atoms with Crippen LogP contribution in [0.3, 0.4) is 0 Å². The van der Waals surface area contributed by atoms with E-state index in [9.17, 15) is 9.59 Å². The van der Waals surface area contributed by atoms with E-state index < -0.39 is 0 Å². The first-order valence-electron chi connectivity index (χ1n) is 7.90. The van der Waals surface area contributed by atoms with Gasteiger partial charge in [0, 0.05) is 12.6 Å². The van der Waals surface area contributed by atoms with Gasteiger partial charge < -0.3 is 14.2 Å². The third kappa shape index (κ3) is 3.19. The lowest BCUT2D eigenvalue weighted by molar-refractivity contribution is 0.0923. The monoisotopic (exact) mass is 406 g/mol. The Balaban J connectivity index is 1.48. The summed E-state index contributed by atoms with van der Waals surface area (Å²) >= 11 is 3.15. The molecule has 130 valence electrons. The van der Waals surface area contributed by atoms with Crippen LogP contribution in [0.4, 0.5) is 0 Å². The molecule has 1 fully saturated rings. The Bertz CT molecular complexity index is 949. The second-order valence-electron chi connectivity index (χ2n) is 5.77. The average Bonchev–Trinajstić information content (AvgIpc) is 3.00. The van der Waals surface area contributed by atoms with Crippen molar-refractivity contribution in [3.05, 3.63) is 51.4 Å². The molecule has 0 aliphatic heterocycles. The van der Waals surface area contributed by atoms with Crippen LogP contribution in [-0.2, 0) is 6.54 Å². The van der Waals surface area contributed by atoms with Crippen LogP contribution in [0.2, 0.25) is 0 Å². The molecule has 8 nitrogen and oxygen atoms in total. The zero-order valence-electron chi connectivity index (χ0n) is 13.1. The van der Waals surface area contributed by atoms with Gasteiger partial charge in [-0.25, -0.2) is 9.48 Å². The van der Waals surface area contributed by atoms with Gasteiger partial charge in [0.05, 0.1) is 12.8 Å². The lowest BCUT2D eigenvalue weighted by Crippen LogP contribution is -2.32. The number of aromatic nitrogens is 3. The number of hydrogen-bond donors (Lipinski definition) is 1. The molecule has 0 aromatic carbocycles. The third-order valence-electron chi connectivity index (χ3n) is 3.93. The summed E-state index contributed by atoms with van der Waals surface area (Å²) < 4.78 is 14.1. The van der Waals surface area contributed by atoms with Gasteiger partial charge in [0.15, 0.2) is 16.2 Å². The maximum atomic E-state index is 12.6. The Kier molecular flexibility index (Phi) is 4.08. The number of furan rings is 2. The number of hydrogen-bond acceptors (Lipinski definition) is 5. The Morgan fingerprint density at radius 2 is 2.20 bits per heavy atom. The minimum atomic E-state index is -0.341. The number of carbonyl (C=O) groups is 1. The summed E-state index contributed by atoms with van der Waals surface area (Å²) in [6.45, 7) is 0.524. The highest BCUT2D eigenvalue weighted by atomic mass is 79.9. The second kappa shape index (κ2) is 6.40. The number of halogens is 1. The first-order valence-corrected chi connectivity index (χ1v) is 8.69. The molecule has 3 heterocycles. The lowest BCUT2D eigenvalue weighted by atomic mass is 10.4. The van der Waals surface area contributed by atoms with Crippen LogP contribution in [0, 0.1) is 0 Å². The van der Waals surface area contributed by atoms with E-state index in [2.05, 4.69) is 26.3 Å². The molecule has 1 saturated carbocycles. The Morgan fingerprint density at radius 1 is 1.36 bits per heavy atom. The maximum absolute atomic E-state index is 12.6. The Hall–Kier alpha value is -2.55. The van der Waals surface area contributed by atoms with Gasteiger partial charge in [0.2, 0.25) is 5.82 Å². The zero-order valence-corrected chi connectivity index (χ0v) is 14.7. The molecule has 3 aromatic rings. The predicted molar refractivity (Wildman–Crippen MR) is 91.2 cm³/mol. The van der Waals surface area contributed by atoms with Crippen LogP contribution >= 0.6 is 15.9 Å². The van der Waals surface area contributed by atoms with Crippen molar-refractivity contribution in [2.45, 2.75) is 25.4 Å². The van der Waals surface area contributed by atoms with E-state index in [1.165, 1.54) is 4.68 Å². The molecule has 9 heteroatoms. The summed E-state index contributed by atoms with van der Waals surface area (Å²) in [6, 6.07) is 6.94. The molecule has 0 radical (unpaired) electrons. The zero-order chi connectivity index (χ0) is 17.4. The van der Waals surface area contributed by atoms with Gasteiger partial charge in [0.25, 0.3) is 5.91 Å². The summed E-state index contributed by atoms with van der Waals surface area (Å²) in [5, 5.41) is 7.09.